The van der Waals surface area contributed by atoms with Crippen molar-refractivity contribution in [2.75, 3.05) is 6.54 Å². The van der Waals surface area contributed by atoms with Gasteiger partial charge in [-0.2, -0.15) is 0 Å². The molecule has 1 aliphatic heterocycles. The van der Waals surface area contributed by atoms with Crippen LogP contribution in [0.15, 0.2) is 12.1 Å². The van der Waals surface area contributed by atoms with Crippen molar-refractivity contribution in [3.05, 3.63) is 33.4 Å². The molecule has 2 N–H and O–H groups in total. The Kier molecular flexibility index (Phi) is 2.32. The minimum atomic E-state index is -0.508. The van der Waals surface area contributed by atoms with Crippen molar-refractivity contribution < 1.29 is 10.0 Å². The van der Waals surface area contributed by atoms with Gasteiger partial charge >= 0.3 is 5.69 Å². The van der Waals surface area contributed by atoms with E-state index in [0.717, 1.165) is 5.56 Å². The highest BCUT2D eigenvalue weighted by Crippen LogP contribution is 2.36. The number of rotatable bonds is 1. The van der Waals surface area contributed by atoms with Gasteiger partial charge < -0.3 is 10.4 Å². The third-order valence-electron chi connectivity index (χ3n) is 2.77. The first kappa shape index (κ1) is 9.92. The summed E-state index contributed by atoms with van der Waals surface area (Å²) in [6.45, 7) is 2.66. The predicted octanol–water partition coefficient (Wildman–Crippen LogP) is 1.51. The van der Waals surface area contributed by atoms with Crippen molar-refractivity contribution in [2.45, 2.75) is 19.4 Å². The van der Waals surface area contributed by atoms with Crippen LogP contribution in [-0.4, -0.2) is 16.6 Å². The van der Waals surface area contributed by atoms with Crippen LogP contribution in [0.1, 0.15) is 24.1 Å². The fraction of sp³-hybridized carbons (Fsp3) is 0.400. The quantitative estimate of drug-likeness (QED) is 0.541. The van der Waals surface area contributed by atoms with E-state index >= 15 is 0 Å². The van der Waals surface area contributed by atoms with Gasteiger partial charge in [-0.15, -0.1) is 0 Å². The summed E-state index contributed by atoms with van der Waals surface area (Å²) < 4.78 is 0. The van der Waals surface area contributed by atoms with E-state index in [-0.39, 0.29) is 17.5 Å². The average Bonchev–Trinajstić information content (AvgIpc) is 2.17. The number of nitrogens with zero attached hydrogens (tertiary/aromatic N) is 1. The standard InChI is InChI=1S/C10H12N2O3/c1-6-7-2-3-9(13)10(12(14)15)8(7)4-5-11-6/h2-3,6,11,13H,4-5H2,1H3. The summed E-state index contributed by atoms with van der Waals surface area (Å²) >= 11 is 0. The molecular weight excluding hydrogens is 196 g/mol. The van der Waals surface area contributed by atoms with Crippen LogP contribution in [0.5, 0.6) is 5.75 Å². The van der Waals surface area contributed by atoms with Crippen LogP contribution in [0.4, 0.5) is 5.69 Å². The molecule has 80 valence electrons. The van der Waals surface area contributed by atoms with E-state index in [1.807, 2.05) is 6.92 Å². The second kappa shape index (κ2) is 3.51. The Bertz CT molecular complexity index is 417. The molecule has 1 aromatic carbocycles. The summed E-state index contributed by atoms with van der Waals surface area (Å²) in [7, 11) is 0. The van der Waals surface area contributed by atoms with Crippen LogP contribution < -0.4 is 5.32 Å². The number of nitrogens with one attached hydrogen (secondary N) is 1. The Hall–Kier alpha value is -1.62. The SMILES string of the molecule is CC1NCCc2c1ccc(O)c2[N+](=O)[O-]. The van der Waals surface area contributed by atoms with Crippen molar-refractivity contribution in [3.8, 4) is 5.75 Å². The first-order valence-electron chi connectivity index (χ1n) is 4.83. The van der Waals surface area contributed by atoms with E-state index in [4.69, 9.17) is 0 Å². The van der Waals surface area contributed by atoms with Crippen LogP contribution in [-0.2, 0) is 6.42 Å². The van der Waals surface area contributed by atoms with Gasteiger partial charge in [-0.1, -0.05) is 6.07 Å². The highest BCUT2D eigenvalue weighted by atomic mass is 16.6. The topological polar surface area (TPSA) is 75.4 Å². The lowest BCUT2D eigenvalue weighted by atomic mass is 9.93. The number of nitro benzene ring substituents is 1. The number of phenolic OH excluding ortho intramolecular Hbond substituents is 1. The number of phenols is 1. The summed E-state index contributed by atoms with van der Waals surface area (Å²) in [6, 6.07) is 3.24. The molecule has 1 aromatic rings. The molecule has 1 heterocycles. The van der Waals surface area contributed by atoms with Gasteiger partial charge in [0.1, 0.15) is 0 Å². The lowest BCUT2D eigenvalue weighted by Crippen LogP contribution is -2.28. The Labute approximate surface area is 86.9 Å². The van der Waals surface area contributed by atoms with Crippen LogP contribution in [0.25, 0.3) is 0 Å². The molecule has 1 atom stereocenters. The van der Waals surface area contributed by atoms with Crippen LogP contribution in [0.2, 0.25) is 0 Å². The van der Waals surface area contributed by atoms with Gasteiger partial charge in [0.15, 0.2) is 5.75 Å². The third kappa shape index (κ3) is 1.55. The molecule has 15 heavy (non-hydrogen) atoms. The number of hydrogen-bond donors (Lipinski definition) is 2. The average molecular weight is 208 g/mol. The van der Waals surface area contributed by atoms with Gasteiger partial charge in [0.2, 0.25) is 0 Å². The van der Waals surface area contributed by atoms with Crippen molar-refractivity contribution in [1.29, 1.82) is 0 Å². The summed E-state index contributed by atoms with van der Waals surface area (Å²) in [6.07, 6.45) is 0.588. The highest BCUT2D eigenvalue weighted by molar-refractivity contribution is 5.57. The smallest absolute Gasteiger partial charge is 0.314 e. The van der Waals surface area contributed by atoms with Gasteiger partial charge in [-0.3, -0.25) is 10.1 Å². The monoisotopic (exact) mass is 208 g/mol. The van der Waals surface area contributed by atoms with Crippen molar-refractivity contribution in [1.82, 2.24) is 5.32 Å². The summed E-state index contributed by atoms with van der Waals surface area (Å²) in [4.78, 5) is 10.3. The summed E-state index contributed by atoms with van der Waals surface area (Å²) in [5, 5.41) is 23.5. The second-order valence-electron chi connectivity index (χ2n) is 3.68. The molecule has 0 radical (unpaired) electrons. The maximum Gasteiger partial charge on any atom is 0.314 e. The Balaban J connectivity index is 2.63. The van der Waals surface area contributed by atoms with E-state index in [9.17, 15) is 15.2 Å². The molecular formula is C10H12N2O3. The molecule has 1 unspecified atom stereocenters. The number of hydrogen-bond acceptors (Lipinski definition) is 4. The number of fused-ring (bicyclic) bond motifs is 1. The normalized spacial score (nSPS) is 19.7. The van der Waals surface area contributed by atoms with Crippen LogP contribution in [0.3, 0.4) is 0 Å². The zero-order valence-corrected chi connectivity index (χ0v) is 8.36. The molecule has 0 aromatic heterocycles. The number of nitro groups is 1. The molecule has 0 saturated carbocycles. The first-order chi connectivity index (χ1) is 7.11. The Morgan fingerprint density at radius 2 is 2.33 bits per heavy atom. The largest absolute Gasteiger partial charge is 0.502 e. The lowest BCUT2D eigenvalue weighted by molar-refractivity contribution is -0.386. The fourth-order valence-electron chi connectivity index (χ4n) is 2.04. The molecule has 0 spiro atoms. The van der Waals surface area contributed by atoms with Crippen molar-refractivity contribution in [3.63, 3.8) is 0 Å². The lowest BCUT2D eigenvalue weighted by Gasteiger charge is -2.23. The molecule has 1 aliphatic rings. The summed E-state index contributed by atoms with van der Waals surface area (Å²) in [5.74, 6) is -0.243. The molecule has 0 aliphatic carbocycles. The van der Waals surface area contributed by atoms with E-state index in [0.29, 0.717) is 18.5 Å². The third-order valence-corrected chi connectivity index (χ3v) is 2.77. The van der Waals surface area contributed by atoms with Gasteiger partial charge in [-0.25, -0.2) is 0 Å². The Morgan fingerprint density at radius 1 is 1.60 bits per heavy atom. The van der Waals surface area contributed by atoms with Gasteiger partial charge in [0.25, 0.3) is 0 Å². The number of benzene rings is 1. The molecule has 0 saturated heterocycles. The Morgan fingerprint density at radius 3 is 3.00 bits per heavy atom. The fourth-order valence-corrected chi connectivity index (χ4v) is 2.04. The minimum absolute atomic E-state index is 0.105. The zero-order valence-electron chi connectivity index (χ0n) is 8.36. The molecule has 5 nitrogen and oxygen atoms in total. The molecule has 5 heteroatoms. The van der Waals surface area contributed by atoms with Gasteiger partial charge in [0, 0.05) is 18.2 Å². The highest BCUT2D eigenvalue weighted by Gasteiger charge is 2.27. The van der Waals surface area contributed by atoms with E-state index in [1.54, 1.807) is 6.07 Å². The van der Waals surface area contributed by atoms with Gasteiger partial charge in [0.05, 0.1) is 4.92 Å². The van der Waals surface area contributed by atoms with E-state index in [1.165, 1.54) is 6.07 Å². The first-order valence-corrected chi connectivity index (χ1v) is 4.83. The summed E-state index contributed by atoms with van der Waals surface area (Å²) in [5.41, 5.74) is 1.43. The number of aromatic hydroxyl groups is 1. The van der Waals surface area contributed by atoms with E-state index in [2.05, 4.69) is 5.32 Å². The second-order valence-corrected chi connectivity index (χ2v) is 3.68. The van der Waals surface area contributed by atoms with Crippen molar-refractivity contribution >= 4 is 5.69 Å². The van der Waals surface area contributed by atoms with E-state index < -0.39 is 4.92 Å². The maximum absolute atomic E-state index is 10.8. The molecule has 0 fully saturated rings. The maximum atomic E-state index is 10.8. The predicted molar refractivity (Wildman–Crippen MR) is 54.9 cm³/mol. The van der Waals surface area contributed by atoms with Crippen LogP contribution in [0, 0.1) is 10.1 Å². The minimum Gasteiger partial charge on any atom is -0.502 e. The van der Waals surface area contributed by atoms with Gasteiger partial charge in [-0.05, 0) is 25.0 Å². The van der Waals surface area contributed by atoms with Crippen LogP contribution >= 0.6 is 0 Å². The van der Waals surface area contributed by atoms with Crippen molar-refractivity contribution in [2.24, 2.45) is 0 Å². The zero-order chi connectivity index (χ0) is 11.0. The molecule has 0 amide bonds. The molecule has 2 rings (SSSR count). The molecule has 0 bridgehead atoms.